The van der Waals surface area contributed by atoms with Crippen molar-refractivity contribution in [2.24, 2.45) is 0 Å². The molecule has 10 aliphatic heterocycles. The van der Waals surface area contributed by atoms with Gasteiger partial charge in [0, 0.05) is 163 Å². The minimum atomic E-state index is 0.853. The molecule has 5 aliphatic carbocycles. The predicted molar refractivity (Wildman–Crippen MR) is 553 cm³/mol. The van der Waals surface area contributed by atoms with Gasteiger partial charge in [-0.2, -0.15) is 0 Å². The molecule has 15 heteroatoms. The summed E-state index contributed by atoms with van der Waals surface area (Å²) in [5.74, 6) is 0. The summed E-state index contributed by atoms with van der Waals surface area (Å²) in [5, 5.41) is 0. The molecule has 0 saturated carbocycles. The second-order valence-corrected chi connectivity index (χ2v) is 39.5. The molecule has 0 N–H and O–H groups in total. The van der Waals surface area contributed by atoms with Crippen LogP contribution in [0, 0.1) is 0 Å². The zero-order valence-electron chi connectivity index (χ0n) is 76.6. The van der Waals surface area contributed by atoms with E-state index in [4.69, 9.17) is 15.0 Å². The lowest BCUT2D eigenvalue weighted by Crippen LogP contribution is -2.26. The first kappa shape index (κ1) is 77.9. The third-order valence-electron chi connectivity index (χ3n) is 32.2. The molecule has 0 bridgehead atoms. The molecule has 10 aromatic heterocycles. The average molecular weight is 1800 g/mol. The third kappa shape index (κ3) is 11.5. The molecule has 0 radical (unpaired) electrons. The summed E-state index contributed by atoms with van der Waals surface area (Å²) >= 11 is 0. The fourth-order valence-electron chi connectivity index (χ4n) is 26.5. The highest BCUT2D eigenvalue weighted by molar-refractivity contribution is 6.01. The second-order valence-electron chi connectivity index (χ2n) is 39.5. The van der Waals surface area contributed by atoms with Crippen LogP contribution in [0.5, 0.6) is 0 Å². The molecule has 0 unspecified atom stereocenters. The Morgan fingerprint density at radius 2 is 0.386 bits per heavy atom. The maximum atomic E-state index is 4.81. The highest BCUT2D eigenvalue weighted by Crippen LogP contribution is 2.62. The fraction of sp³-hybridized carbons (Fsp3) is 0.120. The first-order valence-electron chi connectivity index (χ1n) is 49.0. The minimum Gasteiger partial charge on any atom is -0.309 e. The maximum Gasteiger partial charge on any atom is 0.0716 e. The van der Waals surface area contributed by atoms with Gasteiger partial charge in [0.15, 0.2) is 0 Å². The van der Waals surface area contributed by atoms with Crippen LogP contribution in [0.1, 0.15) is 167 Å². The van der Waals surface area contributed by atoms with E-state index < -0.39 is 0 Å². The van der Waals surface area contributed by atoms with Crippen molar-refractivity contribution in [3.63, 3.8) is 0 Å². The van der Waals surface area contributed by atoms with Gasteiger partial charge >= 0.3 is 0 Å². The van der Waals surface area contributed by atoms with E-state index in [0.29, 0.717) is 0 Å². The third-order valence-corrected chi connectivity index (χ3v) is 32.2. The molecule has 15 aliphatic rings. The van der Waals surface area contributed by atoms with E-state index >= 15 is 0 Å². The Labute approximate surface area is 809 Å². The molecule has 0 fully saturated rings. The van der Waals surface area contributed by atoms with Gasteiger partial charge < -0.3 is 24.5 Å². The Balaban J connectivity index is 0.0000000806. The monoisotopic (exact) mass is 1800 g/mol. The molecule has 0 saturated heterocycles. The number of fused-ring (bicyclic) bond motifs is 40. The summed E-state index contributed by atoms with van der Waals surface area (Å²) in [5.41, 5.74) is 74.0. The first-order chi connectivity index (χ1) is 69.4. The van der Waals surface area contributed by atoms with Crippen molar-refractivity contribution in [2.75, 3.05) is 24.5 Å². The van der Waals surface area contributed by atoms with E-state index in [1.54, 1.807) is 0 Å². The molecule has 35 rings (SSSR count). The summed E-state index contributed by atoms with van der Waals surface area (Å²) in [6.07, 6.45) is 47.9. The number of nitrogens with zero attached hydrogens (tertiary/aromatic N) is 15. The number of rotatable bonds is 0. The van der Waals surface area contributed by atoms with Crippen molar-refractivity contribution in [3.05, 3.63) is 503 Å². The van der Waals surface area contributed by atoms with Crippen LogP contribution in [0.3, 0.4) is 0 Å². The molecule has 0 atom stereocenters. The largest absolute Gasteiger partial charge is 0.309 e. The zero-order chi connectivity index (χ0) is 91.2. The summed E-state index contributed by atoms with van der Waals surface area (Å²) in [4.78, 5) is 57.6. The fourth-order valence-corrected chi connectivity index (χ4v) is 26.5. The van der Waals surface area contributed by atoms with Crippen molar-refractivity contribution < 1.29 is 0 Å². The molecule has 10 aromatic carbocycles. The van der Waals surface area contributed by atoms with Gasteiger partial charge in [-0.15, -0.1) is 0 Å². The second kappa shape index (κ2) is 30.1. The van der Waals surface area contributed by atoms with E-state index in [1.165, 1.54) is 303 Å². The van der Waals surface area contributed by atoms with Crippen molar-refractivity contribution in [1.82, 2.24) is 49.8 Å². The Kier molecular flexibility index (Phi) is 16.8. The van der Waals surface area contributed by atoms with Gasteiger partial charge in [-0.05, 0) is 311 Å². The Morgan fingerprint density at radius 1 is 0.143 bits per heavy atom. The van der Waals surface area contributed by atoms with E-state index in [0.717, 1.165) is 102 Å². The quantitative estimate of drug-likeness (QED) is 0.142. The van der Waals surface area contributed by atoms with Gasteiger partial charge in [-0.1, -0.05) is 152 Å². The van der Waals surface area contributed by atoms with Crippen LogP contribution in [0.25, 0.3) is 55.6 Å². The summed E-state index contributed by atoms with van der Waals surface area (Å²) < 4.78 is 0. The van der Waals surface area contributed by atoms with Gasteiger partial charge in [-0.3, -0.25) is 49.8 Å². The van der Waals surface area contributed by atoms with Gasteiger partial charge in [0.2, 0.25) is 0 Å². The number of benzene rings is 10. The van der Waals surface area contributed by atoms with Crippen molar-refractivity contribution >= 4 is 85.3 Å². The molecule has 140 heavy (non-hydrogen) atoms. The Bertz CT molecular complexity index is 7710. The van der Waals surface area contributed by atoms with Crippen LogP contribution in [-0.4, -0.2) is 49.8 Å². The highest BCUT2D eigenvalue weighted by Gasteiger charge is 2.43. The van der Waals surface area contributed by atoms with Gasteiger partial charge in [-0.25, -0.2) is 0 Å². The van der Waals surface area contributed by atoms with E-state index in [1.807, 2.05) is 93.0 Å². The Morgan fingerprint density at radius 3 is 0.764 bits per heavy atom. The number of anilines is 15. The van der Waals surface area contributed by atoms with Crippen molar-refractivity contribution in [2.45, 2.75) is 96.3 Å². The lowest BCUT2D eigenvalue weighted by atomic mass is 9.85. The highest BCUT2D eigenvalue weighted by atomic mass is 15.2. The van der Waals surface area contributed by atoms with Crippen LogP contribution in [-0.2, 0) is 96.3 Å². The molecule has 20 heterocycles. The normalized spacial score (nSPS) is 14.6. The van der Waals surface area contributed by atoms with Crippen molar-refractivity contribution in [1.29, 1.82) is 0 Å². The molecule has 660 valence electrons. The van der Waals surface area contributed by atoms with Crippen molar-refractivity contribution in [3.8, 4) is 55.6 Å². The molecular weight excluding hydrogens is 1710 g/mol. The lowest BCUT2D eigenvalue weighted by Gasteiger charge is -2.39. The lowest BCUT2D eigenvalue weighted by molar-refractivity contribution is 0.952. The molecule has 15 nitrogen and oxygen atoms in total. The van der Waals surface area contributed by atoms with Crippen LogP contribution < -0.4 is 24.5 Å². The Hall–Kier alpha value is -17.3. The van der Waals surface area contributed by atoms with Crippen LogP contribution >= 0.6 is 0 Å². The molecule has 20 aromatic rings. The smallest absolute Gasteiger partial charge is 0.0716 e. The number of pyridine rings is 10. The average Bonchev–Trinajstić information content (AvgIpc) is 1.32. The predicted octanol–water partition coefficient (Wildman–Crippen LogP) is 26.6. The first-order valence-corrected chi connectivity index (χ1v) is 49.0. The molecule has 0 amide bonds. The van der Waals surface area contributed by atoms with Gasteiger partial charge in [0.1, 0.15) is 0 Å². The van der Waals surface area contributed by atoms with Crippen LogP contribution in [0.2, 0.25) is 0 Å². The topological polar surface area (TPSA) is 145 Å². The van der Waals surface area contributed by atoms with Gasteiger partial charge in [0.05, 0.1) is 115 Å². The number of aromatic nitrogens is 10. The standard InChI is InChI=1S/5C25H17N3/c1-2-4-19-15(3-1)11-16-5-6-23-20(24(16)19)12-17-7-10-27-21-13-18-14-26-9-8-22(18)28(23)25(17)21;1-2-4-19-15(3-1)11-16-5-6-23-20(24(16)19)13-21-25-17(7-10-27-21)12-18-14-26-9-8-22(18)28(23)25;1-2-4-19-15(3-1)11-17-5-6-22-20(24(17)19)12-18-8-10-27-21-13-16-7-9-26-14-23(16)28(22)25(18)21;1-2-4-20-15(3-1)9-17-5-6-22-21(24(17)20)11-19-13-27-12-18-10-16-7-8-26-14-23(16)28(22)25(18)19;1-2-4-20-15(3-1)9-16-5-6-23-21(24(16)20)11-19-14-27-13-18-10-17-12-26-8-7-22(17)28(23)25(18)19/h3*1-10,14H,11-13H2;2*1-8,12-14H,9-11H2. The van der Waals surface area contributed by atoms with Crippen LogP contribution in [0.15, 0.2) is 336 Å². The van der Waals surface area contributed by atoms with Gasteiger partial charge in [0.25, 0.3) is 0 Å². The van der Waals surface area contributed by atoms with Crippen LogP contribution in [0.4, 0.5) is 85.3 Å². The minimum absolute atomic E-state index is 0.853. The maximum absolute atomic E-state index is 4.81. The number of hydrogen-bond acceptors (Lipinski definition) is 15. The summed E-state index contributed by atoms with van der Waals surface area (Å²) in [6.45, 7) is 0. The van der Waals surface area contributed by atoms with E-state index in [2.05, 4.69) is 302 Å². The summed E-state index contributed by atoms with van der Waals surface area (Å²) in [6, 6.07) is 84.7. The van der Waals surface area contributed by atoms with E-state index in [-0.39, 0.29) is 0 Å². The molecular formula is C125H85N15. The van der Waals surface area contributed by atoms with E-state index in [9.17, 15) is 0 Å². The SMILES string of the molecule is c1ccc2c(c1)Cc1ccc3c(c1-2)Cc1ccnc2c1N3c1ccncc1C2.c1ccc2c(c1)Cc1ccc3c(c1-2)Cc1ccnc2c1N3c1cnccc1C2.c1ccc2c(c1)Cc1ccc3c(c1-2)Cc1cncc2c1N3c1ccncc1C2.c1ccc2c(c1)Cc1ccc3c(c1-2)Cc1cncc2c1N3c1cnccc1C2.c1ccc2c(c1)Cc1ccc3c(c1-2)Cc1nccc2c1N3c1ccncc1C2. The molecule has 0 spiro atoms. The number of hydrogen-bond donors (Lipinski definition) is 0. The summed E-state index contributed by atoms with van der Waals surface area (Å²) in [7, 11) is 0. The zero-order valence-corrected chi connectivity index (χ0v) is 76.6.